The number of amidine groups is 1. The van der Waals surface area contributed by atoms with E-state index in [0.29, 0.717) is 17.1 Å². The van der Waals surface area contributed by atoms with E-state index in [2.05, 4.69) is 5.10 Å². The number of benzene rings is 1. The number of nitrogens with one attached hydrogen (secondary N) is 1. The molecular weight excluding hydrogens is 260 g/mol. The van der Waals surface area contributed by atoms with Gasteiger partial charge < -0.3 is 10.5 Å². The lowest BCUT2D eigenvalue weighted by Crippen LogP contribution is -2.13. The molecule has 0 saturated carbocycles. The first kappa shape index (κ1) is 13.5. The SMILES string of the molecule is CSc1ccccc1Oc1c(C(=N)N)c(C)nn1C. The van der Waals surface area contributed by atoms with Crippen LogP contribution in [-0.4, -0.2) is 21.9 Å². The molecule has 0 aliphatic heterocycles. The zero-order valence-electron chi connectivity index (χ0n) is 11.1. The number of nitrogen functional groups attached to an aromatic ring is 1. The number of aryl methyl sites for hydroxylation is 2. The van der Waals surface area contributed by atoms with Gasteiger partial charge in [0.05, 0.1) is 5.69 Å². The molecule has 0 aliphatic rings. The Morgan fingerprint density at radius 2 is 2.11 bits per heavy atom. The topological polar surface area (TPSA) is 76.9 Å². The van der Waals surface area contributed by atoms with E-state index < -0.39 is 0 Å². The Hall–Kier alpha value is -1.95. The van der Waals surface area contributed by atoms with Gasteiger partial charge >= 0.3 is 0 Å². The van der Waals surface area contributed by atoms with E-state index in [-0.39, 0.29) is 5.84 Å². The minimum atomic E-state index is -0.0396. The predicted octanol–water partition coefficient (Wildman–Crippen LogP) is 2.53. The fraction of sp³-hybridized carbons (Fsp3) is 0.231. The van der Waals surface area contributed by atoms with Crippen LogP contribution >= 0.6 is 11.8 Å². The Morgan fingerprint density at radius 3 is 2.74 bits per heavy atom. The molecule has 100 valence electrons. The van der Waals surface area contributed by atoms with Crippen LogP contribution in [0.25, 0.3) is 0 Å². The van der Waals surface area contributed by atoms with Gasteiger partial charge in [-0.05, 0) is 25.3 Å². The molecule has 0 amide bonds. The maximum absolute atomic E-state index is 7.63. The Morgan fingerprint density at radius 1 is 1.42 bits per heavy atom. The van der Waals surface area contributed by atoms with Gasteiger partial charge in [-0.1, -0.05) is 12.1 Å². The number of ether oxygens (including phenoxy) is 1. The van der Waals surface area contributed by atoms with E-state index in [0.717, 1.165) is 10.6 Å². The summed E-state index contributed by atoms with van der Waals surface area (Å²) in [4.78, 5) is 1.02. The number of nitrogens with zero attached hydrogens (tertiary/aromatic N) is 2. The lowest BCUT2D eigenvalue weighted by molar-refractivity contribution is 0.421. The minimum absolute atomic E-state index is 0.0396. The van der Waals surface area contributed by atoms with Crippen LogP contribution in [0.2, 0.25) is 0 Å². The van der Waals surface area contributed by atoms with Crippen LogP contribution in [0.3, 0.4) is 0 Å². The fourth-order valence-corrected chi connectivity index (χ4v) is 2.40. The second-order valence-corrected chi connectivity index (χ2v) is 4.90. The number of aromatic nitrogens is 2. The highest BCUT2D eigenvalue weighted by Crippen LogP contribution is 2.33. The molecule has 0 aliphatic carbocycles. The molecule has 19 heavy (non-hydrogen) atoms. The van der Waals surface area contributed by atoms with Crippen LogP contribution in [0.5, 0.6) is 11.6 Å². The fourth-order valence-electron chi connectivity index (χ4n) is 1.87. The van der Waals surface area contributed by atoms with E-state index in [1.807, 2.05) is 37.4 Å². The van der Waals surface area contributed by atoms with E-state index >= 15 is 0 Å². The Bertz CT molecular complexity index is 621. The summed E-state index contributed by atoms with van der Waals surface area (Å²) in [6, 6.07) is 7.74. The van der Waals surface area contributed by atoms with Gasteiger partial charge in [0.1, 0.15) is 17.1 Å². The summed E-state index contributed by atoms with van der Waals surface area (Å²) in [7, 11) is 1.77. The molecule has 2 rings (SSSR count). The number of para-hydroxylation sites is 1. The zero-order chi connectivity index (χ0) is 14.0. The number of rotatable bonds is 4. The van der Waals surface area contributed by atoms with Crippen LogP contribution in [0, 0.1) is 12.3 Å². The third-order valence-electron chi connectivity index (χ3n) is 2.71. The van der Waals surface area contributed by atoms with Crippen LogP contribution in [-0.2, 0) is 7.05 Å². The van der Waals surface area contributed by atoms with Crippen molar-refractivity contribution in [2.75, 3.05) is 6.26 Å². The van der Waals surface area contributed by atoms with Crippen LogP contribution in [0.1, 0.15) is 11.3 Å². The first-order valence-electron chi connectivity index (χ1n) is 5.73. The normalized spacial score (nSPS) is 10.5. The maximum atomic E-state index is 7.63. The van der Waals surface area contributed by atoms with Gasteiger partial charge in [-0.25, -0.2) is 4.68 Å². The molecule has 0 saturated heterocycles. The van der Waals surface area contributed by atoms with Gasteiger partial charge in [-0.15, -0.1) is 11.8 Å². The average Bonchev–Trinajstić information content (AvgIpc) is 2.65. The molecule has 0 radical (unpaired) electrons. The van der Waals surface area contributed by atoms with Crippen molar-refractivity contribution < 1.29 is 4.74 Å². The Kier molecular flexibility index (Phi) is 3.80. The molecule has 0 bridgehead atoms. The first-order chi connectivity index (χ1) is 9.04. The van der Waals surface area contributed by atoms with Gasteiger partial charge in [0.15, 0.2) is 0 Å². The molecule has 1 aromatic heterocycles. The third-order valence-corrected chi connectivity index (χ3v) is 3.49. The summed E-state index contributed by atoms with van der Waals surface area (Å²) in [5.41, 5.74) is 6.82. The van der Waals surface area contributed by atoms with Gasteiger partial charge in [-0.3, -0.25) is 5.41 Å². The summed E-state index contributed by atoms with van der Waals surface area (Å²) < 4.78 is 7.50. The largest absolute Gasteiger partial charge is 0.437 e. The number of nitrogens with two attached hydrogens (primary N) is 1. The van der Waals surface area contributed by atoms with Crippen molar-refractivity contribution in [1.82, 2.24) is 9.78 Å². The van der Waals surface area contributed by atoms with Crippen molar-refractivity contribution in [1.29, 1.82) is 5.41 Å². The molecule has 3 N–H and O–H groups in total. The van der Waals surface area contributed by atoms with E-state index in [1.54, 1.807) is 23.5 Å². The number of thioether (sulfide) groups is 1. The molecule has 0 fully saturated rings. The molecule has 1 heterocycles. The summed E-state index contributed by atoms with van der Waals surface area (Å²) in [6.07, 6.45) is 1.99. The summed E-state index contributed by atoms with van der Waals surface area (Å²) in [6.45, 7) is 1.81. The van der Waals surface area contributed by atoms with Crippen LogP contribution in [0.4, 0.5) is 0 Å². The van der Waals surface area contributed by atoms with Gasteiger partial charge in [-0.2, -0.15) is 5.10 Å². The summed E-state index contributed by atoms with van der Waals surface area (Å²) in [5.74, 6) is 1.19. The van der Waals surface area contributed by atoms with Gasteiger partial charge in [0, 0.05) is 11.9 Å². The Labute approximate surface area is 116 Å². The standard InChI is InChI=1S/C13H16N4OS/c1-8-11(12(14)15)13(17(2)16-8)18-9-6-4-5-7-10(9)19-3/h4-7H,1-3H3,(H3,14,15). The summed E-state index contributed by atoms with van der Waals surface area (Å²) >= 11 is 1.60. The maximum Gasteiger partial charge on any atom is 0.228 e. The van der Waals surface area contributed by atoms with E-state index in [4.69, 9.17) is 15.9 Å². The van der Waals surface area contributed by atoms with Crippen molar-refractivity contribution in [3.63, 3.8) is 0 Å². The molecule has 2 aromatic rings. The molecule has 6 heteroatoms. The molecule has 0 atom stereocenters. The van der Waals surface area contributed by atoms with Gasteiger partial charge in [0.25, 0.3) is 0 Å². The highest BCUT2D eigenvalue weighted by Gasteiger charge is 2.18. The lowest BCUT2D eigenvalue weighted by atomic mass is 10.2. The van der Waals surface area contributed by atoms with E-state index in [1.165, 1.54) is 0 Å². The number of hydrogen-bond acceptors (Lipinski definition) is 4. The smallest absolute Gasteiger partial charge is 0.228 e. The van der Waals surface area contributed by atoms with Crippen molar-refractivity contribution in [3.8, 4) is 11.6 Å². The number of hydrogen-bond donors (Lipinski definition) is 2. The molecule has 0 unspecified atom stereocenters. The zero-order valence-corrected chi connectivity index (χ0v) is 11.9. The second kappa shape index (κ2) is 5.36. The minimum Gasteiger partial charge on any atom is -0.437 e. The highest BCUT2D eigenvalue weighted by molar-refractivity contribution is 7.98. The Balaban J connectivity index is 2.46. The van der Waals surface area contributed by atoms with Crippen LogP contribution in [0.15, 0.2) is 29.2 Å². The summed E-state index contributed by atoms with van der Waals surface area (Å²) in [5, 5.41) is 11.9. The highest BCUT2D eigenvalue weighted by atomic mass is 32.2. The van der Waals surface area contributed by atoms with Crippen molar-refractivity contribution in [2.45, 2.75) is 11.8 Å². The predicted molar refractivity (Wildman–Crippen MR) is 77.3 cm³/mol. The third kappa shape index (κ3) is 2.58. The van der Waals surface area contributed by atoms with Crippen molar-refractivity contribution in [3.05, 3.63) is 35.5 Å². The molecule has 5 nitrogen and oxygen atoms in total. The van der Waals surface area contributed by atoms with Crippen LogP contribution < -0.4 is 10.5 Å². The monoisotopic (exact) mass is 276 g/mol. The second-order valence-electron chi connectivity index (χ2n) is 4.06. The average molecular weight is 276 g/mol. The quantitative estimate of drug-likeness (QED) is 0.511. The van der Waals surface area contributed by atoms with Crippen molar-refractivity contribution >= 4 is 17.6 Å². The first-order valence-corrected chi connectivity index (χ1v) is 6.96. The molecule has 0 spiro atoms. The van der Waals surface area contributed by atoms with Gasteiger partial charge in [0.2, 0.25) is 5.88 Å². The van der Waals surface area contributed by atoms with Crippen molar-refractivity contribution in [2.24, 2.45) is 12.8 Å². The molecular formula is C13H16N4OS. The van der Waals surface area contributed by atoms with E-state index in [9.17, 15) is 0 Å². The lowest BCUT2D eigenvalue weighted by Gasteiger charge is -2.10. The molecule has 1 aromatic carbocycles.